The Balaban J connectivity index is 4.61. The minimum absolute atomic E-state index is 0.140. The molecule has 0 aromatic rings. The van der Waals surface area contributed by atoms with Gasteiger partial charge in [0.15, 0.2) is 6.10 Å². The molecule has 0 N–H and O–H groups in total. The maximum atomic E-state index is 12.9. The van der Waals surface area contributed by atoms with Crippen LogP contribution in [-0.2, 0) is 28.6 Å². The molecule has 0 aromatic heterocycles. The van der Waals surface area contributed by atoms with Crippen LogP contribution in [0.4, 0.5) is 0 Å². The monoisotopic (exact) mass is 1110 g/mol. The first-order valence-corrected chi connectivity index (χ1v) is 32.6. The first-order valence-electron chi connectivity index (χ1n) is 32.6. The Morgan fingerprint density at radius 3 is 0.877 bits per heavy atom. The van der Waals surface area contributed by atoms with E-state index in [2.05, 4.69) is 179 Å². The Labute approximate surface area is 498 Å². The van der Waals surface area contributed by atoms with E-state index >= 15 is 0 Å². The lowest BCUT2D eigenvalue weighted by Gasteiger charge is -2.18. The molecule has 454 valence electrons. The summed E-state index contributed by atoms with van der Waals surface area (Å²) >= 11 is 0. The highest BCUT2D eigenvalue weighted by Gasteiger charge is 2.19. The normalized spacial score (nSPS) is 13.3. The van der Waals surface area contributed by atoms with Gasteiger partial charge >= 0.3 is 17.9 Å². The van der Waals surface area contributed by atoms with Crippen molar-refractivity contribution in [3.05, 3.63) is 170 Å². The molecule has 0 amide bonds. The molecule has 6 nitrogen and oxygen atoms in total. The molecular formula is C75H118O6. The van der Waals surface area contributed by atoms with Gasteiger partial charge in [0.1, 0.15) is 13.2 Å². The van der Waals surface area contributed by atoms with Crippen molar-refractivity contribution in [2.45, 2.75) is 271 Å². The van der Waals surface area contributed by atoms with Gasteiger partial charge in [0.05, 0.1) is 0 Å². The van der Waals surface area contributed by atoms with Crippen LogP contribution in [0.5, 0.6) is 0 Å². The second-order valence-electron chi connectivity index (χ2n) is 20.9. The SMILES string of the molecule is CC/C=C\C/C=C\C/C=C\C/C=C\C/C=C\C/C=C\C/C=C\CCCC(=O)OCC(COC(=O)CC/C=C\C/C=C\C/C=C\C/C=C\C/C=C\C/C=C\CC)OC(=O)CCCCCCCCCCC/C=C\CCCCCCCCCC. The molecule has 0 saturated carbocycles. The number of allylic oxidation sites excluding steroid dienone is 28. The minimum Gasteiger partial charge on any atom is -0.462 e. The molecule has 1 atom stereocenters. The quantitative estimate of drug-likeness (QED) is 0.0261. The summed E-state index contributed by atoms with van der Waals surface area (Å²) in [6, 6.07) is 0. The van der Waals surface area contributed by atoms with Gasteiger partial charge in [-0.1, -0.05) is 281 Å². The first-order chi connectivity index (χ1) is 40.0. The van der Waals surface area contributed by atoms with Crippen molar-refractivity contribution >= 4 is 17.9 Å². The van der Waals surface area contributed by atoms with E-state index in [4.69, 9.17) is 14.2 Å². The number of hydrogen-bond donors (Lipinski definition) is 0. The summed E-state index contributed by atoms with van der Waals surface area (Å²) in [5.41, 5.74) is 0. The highest BCUT2D eigenvalue weighted by molar-refractivity contribution is 5.71. The molecule has 0 fully saturated rings. The summed E-state index contributed by atoms with van der Waals surface area (Å²) in [6.45, 7) is 6.30. The van der Waals surface area contributed by atoms with E-state index < -0.39 is 6.10 Å². The second kappa shape index (κ2) is 67.3. The van der Waals surface area contributed by atoms with Gasteiger partial charge in [0.2, 0.25) is 0 Å². The second-order valence-corrected chi connectivity index (χ2v) is 20.9. The maximum absolute atomic E-state index is 12.9. The van der Waals surface area contributed by atoms with Gasteiger partial charge in [-0.05, 0) is 135 Å². The van der Waals surface area contributed by atoms with Crippen molar-refractivity contribution in [2.75, 3.05) is 13.2 Å². The number of carbonyl (C=O) groups excluding carboxylic acids is 3. The van der Waals surface area contributed by atoms with Gasteiger partial charge in [-0.15, -0.1) is 0 Å². The summed E-state index contributed by atoms with van der Waals surface area (Å²) in [6.07, 6.45) is 99.5. The molecule has 0 bridgehead atoms. The lowest BCUT2D eigenvalue weighted by atomic mass is 10.1. The standard InChI is InChI=1S/C75H118O6/c1-4-7-10-13-16-19-22-25-28-31-34-36-37-39-41-44-47-50-53-56-59-62-65-68-74(77)80-71-72(70-79-73(76)67-64-61-58-55-52-49-46-43-40-33-30-27-24-21-18-15-12-9-6-3)81-75(78)69-66-63-60-57-54-51-48-45-42-38-35-32-29-26-23-20-17-14-11-8-5-2/h7,9-10,12,16,18-19,21,25,27-28,30,32,34-36,39-41,43,47,49-50,52,56,58-59,61,72H,4-6,8,11,13-15,17,20,22-24,26,29,31,33,37-38,42,44-46,48,51,53-55,57,60,62-71H2,1-3H3/b10-7-,12-9-,19-16-,21-18-,28-25-,30-27-,35-32-,36-34-,41-39-,43-40-,50-47-,52-49-,59-56-,61-58-. The Kier molecular flexibility index (Phi) is 62.9. The third-order valence-corrected chi connectivity index (χ3v) is 13.2. The van der Waals surface area contributed by atoms with Crippen molar-refractivity contribution in [2.24, 2.45) is 0 Å². The number of unbranched alkanes of at least 4 members (excludes halogenated alkanes) is 18. The zero-order chi connectivity index (χ0) is 58.5. The smallest absolute Gasteiger partial charge is 0.306 e. The highest BCUT2D eigenvalue weighted by Crippen LogP contribution is 2.14. The number of ether oxygens (including phenoxy) is 3. The molecule has 0 aliphatic heterocycles. The maximum Gasteiger partial charge on any atom is 0.306 e. The molecular weight excluding hydrogens is 997 g/mol. The van der Waals surface area contributed by atoms with Crippen molar-refractivity contribution in [1.29, 1.82) is 0 Å². The van der Waals surface area contributed by atoms with Gasteiger partial charge < -0.3 is 14.2 Å². The predicted molar refractivity (Wildman–Crippen MR) is 352 cm³/mol. The van der Waals surface area contributed by atoms with Crippen molar-refractivity contribution < 1.29 is 28.6 Å². The van der Waals surface area contributed by atoms with E-state index in [9.17, 15) is 14.4 Å². The summed E-state index contributed by atoms with van der Waals surface area (Å²) < 4.78 is 16.8. The molecule has 81 heavy (non-hydrogen) atoms. The topological polar surface area (TPSA) is 78.9 Å². The number of esters is 3. The Morgan fingerprint density at radius 2 is 0.519 bits per heavy atom. The molecule has 6 heteroatoms. The summed E-state index contributed by atoms with van der Waals surface area (Å²) in [5.74, 6) is -1.08. The van der Waals surface area contributed by atoms with Crippen LogP contribution in [0.2, 0.25) is 0 Å². The van der Waals surface area contributed by atoms with Gasteiger partial charge in [0, 0.05) is 19.3 Å². The van der Waals surface area contributed by atoms with Crippen molar-refractivity contribution in [3.63, 3.8) is 0 Å². The van der Waals surface area contributed by atoms with Crippen LogP contribution in [0.1, 0.15) is 265 Å². The van der Waals surface area contributed by atoms with Crippen molar-refractivity contribution in [3.8, 4) is 0 Å². The van der Waals surface area contributed by atoms with Crippen LogP contribution < -0.4 is 0 Å². The van der Waals surface area contributed by atoms with Crippen LogP contribution in [-0.4, -0.2) is 37.2 Å². The van der Waals surface area contributed by atoms with E-state index in [0.29, 0.717) is 19.3 Å². The minimum atomic E-state index is -0.844. The summed E-state index contributed by atoms with van der Waals surface area (Å²) in [4.78, 5) is 38.3. The van der Waals surface area contributed by atoms with Gasteiger partial charge in [0.25, 0.3) is 0 Å². The van der Waals surface area contributed by atoms with Crippen LogP contribution in [0.3, 0.4) is 0 Å². The Morgan fingerprint density at radius 1 is 0.259 bits per heavy atom. The van der Waals surface area contributed by atoms with Crippen molar-refractivity contribution in [1.82, 2.24) is 0 Å². The average Bonchev–Trinajstić information content (AvgIpc) is 3.47. The number of carbonyl (C=O) groups is 3. The average molecular weight is 1120 g/mol. The molecule has 0 aliphatic rings. The zero-order valence-corrected chi connectivity index (χ0v) is 52.0. The van der Waals surface area contributed by atoms with E-state index in [1.54, 1.807) is 0 Å². The van der Waals surface area contributed by atoms with Crippen LogP contribution in [0.15, 0.2) is 170 Å². The Bertz CT molecular complexity index is 1860. The molecule has 0 heterocycles. The highest BCUT2D eigenvalue weighted by atomic mass is 16.6. The first kappa shape index (κ1) is 75.8. The molecule has 0 aliphatic carbocycles. The van der Waals surface area contributed by atoms with E-state index in [1.165, 1.54) is 103 Å². The molecule has 0 saturated heterocycles. The van der Waals surface area contributed by atoms with Crippen LogP contribution in [0.25, 0.3) is 0 Å². The number of rotatable bonds is 57. The largest absolute Gasteiger partial charge is 0.462 e. The molecule has 1 unspecified atom stereocenters. The summed E-state index contributed by atoms with van der Waals surface area (Å²) in [7, 11) is 0. The summed E-state index contributed by atoms with van der Waals surface area (Å²) in [5, 5.41) is 0. The fourth-order valence-corrected chi connectivity index (χ4v) is 8.39. The third-order valence-electron chi connectivity index (χ3n) is 13.2. The van der Waals surface area contributed by atoms with Crippen LogP contribution in [0, 0.1) is 0 Å². The van der Waals surface area contributed by atoms with E-state index in [-0.39, 0.29) is 44.0 Å². The fraction of sp³-hybridized carbons (Fsp3) is 0.587. The lowest BCUT2D eigenvalue weighted by molar-refractivity contribution is -0.166. The molecule has 0 aromatic carbocycles. The van der Waals surface area contributed by atoms with Gasteiger partial charge in [-0.2, -0.15) is 0 Å². The van der Waals surface area contributed by atoms with Gasteiger partial charge in [-0.3, -0.25) is 14.4 Å². The van der Waals surface area contributed by atoms with E-state index in [0.717, 1.165) is 109 Å². The fourth-order valence-electron chi connectivity index (χ4n) is 8.39. The van der Waals surface area contributed by atoms with E-state index in [1.807, 2.05) is 12.2 Å². The zero-order valence-electron chi connectivity index (χ0n) is 52.0. The molecule has 0 spiro atoms. The molecule has 0 rings (SSSR count). The predicted octanol–water partition coefficient (Wildman–Crippen LogP) is 22.7. The van der Waals surface area contributed by atoms with Crippen LogP contribution >= 0.6 is 0 Å². The number of hydrogen-bond acceptors (Lipinski definition) is 6. The molecule has 0 radical (unpaired) electrons. The Hall–Kier alpha value is -5.23. The third kappa shape index (κ3) is 65.5. The van der Waals surface area contributed by atoms with Gasteiger partial charge in [-0.25, -0.2) is 0 Å². The lowest BCUT2D eigenvalue weighted by Crippen LogP contribution is -2.30.